The van der Waals surface area contributed by atoms with Crippen LogP contribution in [0.1, 0.15) is 0 Å². The first-order valence-corrected chi connectivity index (χ1v) is 4.29. The van der Waals surface area contributed by atoms with Crippen LogP contribution in [0.3, 0.4) is 0 Å². The SMILES string of the molecule is Cn1c(Br)cnc1-c1ccco1. The van der Waals surface area contributed by atoms with E-state index in [4.69, 9.17) is 4.42 Å². The van der Waals surface area contributed by atoms with Gasteiger partial charge in [-0.15, -0.1) is 0 Å². The molecule has 0 saturated heterocycles. The Morgan fingerprint density at radius 2 is 2.42 bits per heavy atom. The van der Waals surface area contributed by atoms with Crippen LogP contribution in [-0.4, -0.2) is 9.55 Å². The molecule has 62 valence electrons. The number of imidazole rings is 1. The maximum Gasteiger partial charge on any atom is 0.176 e. The Labute approximate surface area is 78.2 Å². The molecule has 0 amide bonds. The standard InChI is InChI=1S/C8H7BrN2O/c1-11-7(9)5-10-8(11)6-3-2-4-12-6/h2-5H,1H3. The van der Waals surface area contributed by atoms with Crippen LogP contribution in [0.15, 0.2) is 33.6 Å². The van der Waals surface area contributed by atoms with Crippen molar-refractivity contribution in [2.24, 2.45) is 7.05 Å². The van der Waals surface area contributed by atoms with Crippen molar-refractivity contribution in [3.8, 4) is 11.6 Å². The lowest BCUT2D eigenvalue weighted by Crippen LogP contribution is -1.90. The van der Waals surface area contributed by atoms with E-state index in [0.29, 0.717) is 0 Å². The van der Waals surface area contributed by atoms with E-state index in [1.807, 2.05) is 23.7 Å². The summed E-state index contributed by atoms with van der Waals surface area (Å²) in [4.78, 5) is 4.18. The van der Waals surface area contributed by atoms with Crippen LogP contribution >= 0.6 is 15.9 Å². The molecule has 0 bridgehead atoms. The second kappa shape index (κ2) is 2.79. The molecule has 0 spiro atoms. The van der Waals surface area contributed by atoms with Gasteiger partial charge in [0, 0.05) is 7.05 Å². The van der Waals surface area contributed by atoms with E-state index in [9.17, 15) is 0 Å². The van der Waals surface area contributed by atoms with E-state index < -0.39 is 0 Å². The monoisotopic (exact) mass is 226 g/mol. The fraction of sp³-hybridized carbons (Fsp3) is 0.125. The Balaban J connectivity index is 2.55. The third kappa shape index (κ3) is 1.08. The van der Waals surface area contributed by atoms with E-state index in [1.165, 1.54) is 0 Å². The summed E-state index contributed by atoms with van der Waals surface area (Å²) in [5.41, 5.74) is 0. The van der Waals surface area contributed by atoms with Gasteiger partial charge in [0.1, 0.15) is 4.60 Å². The predicted octanol–water partition coefficient (Wildman–Crippen LogP) is 2.44. The first-order valence-electron chi connectivity index (χ1n) is 3.50. The second-order valence-corrected chi connectivity index (χ2v) is 3.25. The van der Waals surface area contributed by atoms with Gasteiger partial charge in [-0.3, -0.25) is 0 Å². The van der Waals surface area contributed by atoms with Gasteiger partial charge >= 0.3 is 0 Å². The van der Waals surface area contributed by atoms with E-state index in [2.05, 4.69) is 20.9 Å². The van der Waals surface area contributed by atoms with Gasteiger partial charge < -0.3 is 8.98 Å². The average Bonchev–Trinajstić information content (AvgIpc) is 2.64. The molecular formula is C8H7BrN2O. The summed E-state index contributed by atoms with van der Waals surface area (Å²) < 4.78 is 8.06. The molecule has 2 aromatic heterocycles. The molecule has 0 saturated carbocycles. The van der Waals surface area contributed by atoms with Crippen LogP contribution in [0.25, 0.3) is 11.6 Å². The first kappa shape index (κ1) is 7.61. The smallest absolute Gasteiger partial charge is 0.176 e. The van der Waals surface area contributed by atoms with Crippen molar-refractivity contribution in [2.75, 3.05) is 0 Å². The highest BCUT2D eigenvalue weighted by Crippen LogP contribution is 2.21. The molecule has 2 aromatic rings. The van der Waals surface area contributed by atoms with Gasteiger partial charge in [-0.05, 0) is 28.1 Å². The molecule has 3 nitrogen and oxygen atoms in total. The lowest BCUT2D eigenvalue weighted by atomic mass is 10.4. The van der Waals surface area contributed by atoms with Crippen molar-refractivity contribution in [2.45, 2.75) is 0 Å². The zero-order chi connectivity index (χ0) is 8.55. The zero-order valence-corrected chi connectivity index (χ0v) is 8.08. The summed E-state index contributed by atoms with van der Waals surface area (Å²) in [7, 11) is 1.93. The maximum atomic E-state index is 5.21. The molecule has 0 radical (unpaired) electrons. The van der Waals surface area contributed by atoms with E-state index in [-0.39, 0.29) is 0 Å². The summed E-state index contributed by atoms with van der Waals surface area (Å²) in [5.74, 6) is 1.61. The minimum absolute atomic E-state index is 0.781. The number of hydrogen-bond acceptors (Lipinski definition) is 2. The Kier molecular flexibility index (Phi) is 1.77. The van der Waals surface area contributed by atoms with Gasteiger partial charge in [0.05, 0.1) is 12.5 Å². The number of hydrogen-bond donors (Lipinski definition) is 0. The summed E-state index contributed by atoms with van der Waals surface area (Å²) in [6.07, 6.45) is 3.38. The average molecular weight is 227 g/mol. The molecule has 0 unspecified atom stereocenters. The fourth-order valence-electron chi connectivity index (χ4n) is 1.02. The van der Waals surface area contributed by atoms with Crippen molar-refractivity contribution in [1.29, 1.82) is 0 Å². The predicted molar refractivity (Wildman–Crippen MR) is 48.6 cm³/mol. The lowest BCUT2D eigenvalue weighted by molar-refractivity contribution is 0.573. The molecule has 0 fully saturated rings. The van der Waals surface area contributed by atoms with Crippen LogP contribution in [-0.2, 0) is 7.05 Å². The van der Waals surface area contributed by atoms with Crippen LogP contribution in [0.2, 0.25) is 0 Å². The number of furan rings is 1. The van der Waals surface area contributed by atoms with Crippen LogP contribution < -0.4 is 0 Å². The normalized spacial score (nSPS) is 10.5. The molecule has 0 N–H and O–H groups in total. The molecule has 0 aliphatic carbocycles. The maximum absolute atomic E-state index is 5.21. The fourth-order valence-corrected chi connectivity index (χ4v) is 1.29. The molecule has 4 heteroatoms. The van der Waals surface area contributed by atoms with Crippen LogP contribution in [0.5, 0.6) is 0 Å². The van der Waals surface area contributed by atoms with Crippen molar-refractivity contribution in [3.63, 3.8) is 0 Å². The third-order valence-corrected chi connectivity index (χ3v) is 2.41. The Bertz CT molecular complexity index is 378. The van der Waals surface area contributed by atoms with E-state index >= 15 is 0 Å². The van der Waals surface area contributed by atoms with Crippen LogP contribution in [0.4, 0.5) is 0 Å². The summed E-state index contributed by atoms with van der Waals surface area (Å²) in [6.45, 7) is 0. The van der Waals surface area contributed by atoms with Crippen molar-refractivity contribution in [3.05, 3.63) is 29.2 Å². The van der Waals surface area contributed by atoms with E-state index in [1.54, 1.807) is 12.5 Å². The van der Waals surface area contributed by atoms with Gasteiger partial charge in [0.2, 0.25) is 0 Å². The zero-order valence-electron chi connectivity index (χ0n) is 6.49. The van der Waals surface area contributed by atoms with E-state index in [0.717, 1.165) is 16.2 Å². The van der Waals surface area contributed by atoms with Crippen molar-refractivity contribution < 1.29 is 4.42 Å². The Morgan fingerprint density at radius 1 is 1.58 bits per heavy atom. The highest BCUT2D eigenvalue weighted by atomic mass is 79.9. The Hall–Kier alpha value is -1.03. The number of aromatic nitrogens is 2. The minimum atomic E-state index is 0.781. The van der Waals surface area contributed by atoms with Gasteiger partial charge in [-0.2, -0.15) is 0 Å². The van der Waals surface area contributed by atoms with Gasteiger partial charge in [-0.1, -0.05) is 0 Å². The quantitative estimate of drug-likeness (QED) is 0.749. The van der Waals surface area contributed by atoms with Crippen molar-refractivity contribution in [1.82, 2.24) is 9.55 Å². The van der Waals surface area contributed by atoms with Crippen LogP contribution in [0, 0.1) is 0 Å². The minimum Gasteiger partial charge on any atom is -0.461 e. The van der Waals surface area contributed by atoms with Crippen molar-refractivity contribution >= 4 is 15.9 Å². The molecule has 12 heavy (non-hydrogen) atoms. The highest BCUT2D eigenvalue weighted by Gasteiger charge is 2.08. The Morgan fingerprint density at radius 3 is 2.92 bits per heavy atom. The number of nitrogens with zero attached hydrogens (tertiary/aromatic N) is 2. The number of halogens is 1. The molecular weight excluding hydrogens is 220 g/mol. The van der Waals surface area contributed by atoms with Gasteiger partial charge in [0.15, 0.2) is 11.6 Å². The molecule has 0 aromatic carbocycles. The molecule has 2 rings (SSSR count). The topological polar surface area (TPSA) is 31.0 Å². The first-order chi connectivity index (χ1) is 5.79. The molecule has 0 aliphatic rings. The second-order valence-electron chi connectivity index (χ2n) is 2.44. The summed E-state index contributed by atoms with van der Waals surface area (Å²) in [5, 5.41) is 0. The summed E-state index contributed by atoms with van der Waals surface area (Å²) in [6, 6.07) is 3.73. The molecule has 2 heterocycles. The molecule has 0 aliphatic heterocycles. The third-order valence-electron chi connectivity index (χ3n) is 1.67. The van der Waals surface area contributed by atoms with Gasteiger partial charge in [-0.25, -0.2) is 4.98 Å². The van der Waals surface area contributed by atoms with Gasteiger partial charge in [0.25, 0.3) is 0 Å². The highest BCUT2D eigenvalue weighted by molar-refractivity contribution is 9.10. The lowest BCUT2D eigenvalue weighted by Gasteiger charge is -1.97. The summed E-state index contributed by atoms with van der Waals surface area (Å²) >= 11 is 3.36. The number of rotatable bonds is 1. The largest absolute Gasteiger partial charge is 0.461 e. The molecule has 0 atom stereocenters.